The minimum absolute atomic E-state index is 0.0774. The lowest BCUT2D eigenvalue weighted by molar-refractivity contribution is 0.269. The summed E-state index contributed by atoms with van der Waals surface area (Å²) in [5, 5.41) is 16.7. The lowest BCUT2D eigenvalue weighted by Crippen LogP contribution is -1.97. The predicted molar refractivity (Wildman–Crippen MR) is 43.6 cm³/mol. The second-order valence-electron chi connectivity index (χ2n) is 2.64. The Bertz CT molecular complexity index is 408. The van der Waals surface area contributed by atoms with Gasteiger partial charge in [0.05, 0.1) is 0 Å². The van der Waals surface area contributed by atoms with Crippen LogP contribution in [0.3, 0.4) is 0 Å². The van der Waals surface area contributed by atoms with Crippen molar-refractivity contribution in [2.75, 3.05) is 0 Å². The van der Waals surface area contributed by atoms with Gasteiger partial charge in [0.1, 0.15) is 6.61 Å². The molecule has 62 valence electrons. The number of aliphatic hydroxyl groups is 1. The molecule has 0 bridgehead atoms. The summed E-state index contributed by atoms with van der Waals surface area (Å²) in [6.07, 6.45) is 0. The number of aryl methyl sites for hydroxylation is 1. The van der Waals surface area contributed by atoms with E-state index in [1.54, 1.807) is 0 Å². The number of hydrogen-bond acceptors (Lipinski definition) is 3. The normalized spacial score (nSPS) is 10.8. The molecule has 0 aliphatic heterocycles. The van der Waals surface area contributed by atoms with Crippen LogP contribution >= 0.6 is 0 Å². The maximum Gasteiger partial charge on any atom is 0.163 e. The van der Waals surface area contributed by atoms with Crippen molar-refractivity contribution >= 4 is 5.65 Å². The highest BCUT2D eigenvalue weighted by atomic mass is 16.3. The molecule has 0 aliphatic rings. The van der Waals surface area contributed by atoms with E-state index in [0.29, 0.717) is 5.82 Å². The van der Waals surface area contributed by atoms with Crippen molar-refractivity contribution in [1.82, 2.24) is 14.6 Å². The van der Waals surface area contributed by atoms with E-state index < -0.39 is 0 Å². The molecule has 0 saturated carbocycles. The number of rotatable bonds is 1. The molecule has 2 rings (SSSR count). The van der Waals surface area contributed by atoms with E-state index in [1.807, 2.05) is 29.5 Å². The van der Waals surface area contributed by atoms with Crippen LogP contribution in [0.4, 0.5) is 0 Å². The molecule has 4 nitrogen and oxygen atoms in total. The first-order valence-electron chi connectivity index (χ1n) is 3.73. The van der Waals surface area contributed by atoms with Crippen LogP contribution in [0.5, 0.6) is 0 Å². The smallest absolute Gasteiger partial charge is 0.163 e. The standard InChI is InChI=1S/C8H9N3O/c1-6-3-2-4-7-9-10-8(5-12)11(6)7/h2-4,12H,5H2,1H3. The van der Waals surface area contributed by atoms with Crippen molar-refractivity contribution < 1.29 is 5.11 Å². The highest BCUT2D eigenvalue weighted by molar-refractivity contribution is 5.39. The molecule has 0 aromatic carbocycles. The van der Waals surface area contributed by atoms with Crippen molar-refractivity contribution in [1.29, 1.82) is 0 Å². The van der Waals surface area contributed by atoms with Gasteiger partial charge in [0.15, 0.2) is 11.5 Å². The van der Waals surface area contributed by atoms with E-state index in [4.69, 9.17) is 5.11 Å². The van der Waals surface area contributed by atoms with Crippen LogP contribution in [0.1, 0.15) is 11.5 Å². The van der Waals surface area contributed by atoms with Gasteiger partial charge in [0.2, 0.25) is 0 Å². The summed E-state index contributed by atoms with van der Waals surface area (Å²) in [7, 11) is 0. The molecule has 0 saturated heterocycles. The molecule has 2 aromatic rings. The van der Waals surface area contributed by atoms with Crippen molar-refractivity contribution in [3.8, 4) is 0 Å². The Morgan fingerprint density at radius 1 is 1.42 bits per heavy atom. The third-order valence-electron chi connectivity index (χ3n) is 1.83. The largest absolute Gasteiger partial charge is 0.388 e. The zero-order chi connectivity index (χ0) is 8.55. The first-order chi connectivity index (χ1) is 5.83. The maximum absolute atomic E-state index is 8.93. The molecule has 12 heavy (non-hydrogen) atoms. The van der Waals surface area contributed by atoms with Crippen LogP contribution in [-0.4, -0.2) is 19.7 Å². The Kier molecular flexibility index (Phi) is 1.55. The van der Waals surface area contributed by atoms with Gasteiger partial charge >= 0.3 is 0 Å². The molecule has 0 unspecified atom stereocenters. The Hall–Kier alpha value is -1.42. The Morgan fingerprint density at radius 3 is 3.00 bits per heavy atom. The van der Waals surface area contributed by atoms with Gasteiger partial charge in [-0.2, -0.15) is 0 Å². The van der Waals surface area contributed by atoms with Crippen LogP contribution in [0, 0.1) is 6.92 Å². The summed E-state index contributed by atoms with van der Waals surface area (Å²) in [5.41, 5.74) is 1.81. The zero-order valence-corrected chi connectivity index (χ0v) is 6.73. The average molecular weight is 163 g/mol. The fourth-order valence-corrected chi connectivity index (χ4v) is 1.27. The van der Waals surface area contributed by atoms with Gasteiger partial charge < -0.3 is 5.11 Å². The lowest BCUT2D eigenvalue weighted by Gasteiger charge is -1.99. The van der Waals surface area contributed by atoms with Crippen molar-refractivity contribution in [3.63, 3.8) is 0 Å². The molecule has 0 amide bonds. The van der Waals surface area contributed by atoms with Crippen molar-refractivity contribution in [3.05, 3.63) is 29.7 Å². The maximum atomic E-state index is 8.93. The first kappa shape index (κ1) is 7.24. The quantitative estimate of drug-likeness (QED) is 0.667. The van der Waals surface area contributed by atoms with E-state index in [0.717, 1.165) is 11.3 Å². The summed E-state index contributed by atoms with van der Waals surface area (Å²) in [5.74, 6) is 0.586. The monoisotopic (exact) mass is 163 g/mol. The van der Waals surface area contributed by atoms with E-state index in [2.05, 4.69) is 10.2 Å². The number of hydrogen-bond donors (Lipinski definition) is 1. The van der Waals surface area contributed by atoms with Crippen LogP contribution in [0.25, 0.3) is 5.65 Å². The van der Waals surface area contributed by atoms with Gasteiger partial charge in [-0.05, 0) is 19.1 Å². The zero-order valence-electron chi connectivity index (χ0n) is 6.73. The number of aliphatic hydroxyl groups excluding tert-OH is 1. The van der Waals surface area contributed by atoms with E-state index >= 15 is 0 Å². The minimum Gasteiger partial charge on any atom is -0.388 e. The Labute approximate surface area is 69.5 Å². The predicted octanol–water partition coefficient (Wildman–Crippen LogP) is 0.530. The topological polar surface area (TPSA) is 50.4 Å². The van der Waals surface area contributed by atoms with Gasteiger partial charge in [0.25, 0.3) is 0 Å². The van der Waals surface area contributed by atoms with E-state index in [1.165, 1.54) is 0 Å². The SMILES string of the molecule is Cc1cccc2nnc(CO)n12. The molecule has 1 N–H and O–H groups in total. The van der Waals surface area contributed by atoms with Gasteiger partial charge in [-0.3, -0.25) is 4.40 Å². The molecular weight excluding hydrogens is 154 g/mol. The van der Waals surface area contributed by atoms with E-state index in [9.17, 15) is 0 Å². The van der Waals surface area contributed by atoms with Crippen LogP contribution in [-0.2, 0) is 6.61 Å². The van der Waals surface area contributed by atoms with Crippen LogP contribution in [0.2, 0.25) is 0 Å². The second kappa shape index (κ2) is 2.57. The fourth-order valence-electron chi connectivity index (χ4n) is 1.27. The molecule has 0 aliphatic carbocycles. The molecule has 0 spiro atoms. The summed E-state index contributed by atoms with van der Waals surface area (Å²) >= 11 is 0. The second-order valence-corrected chi connectivity index (χ2v) is 2.64. The van der Waals surface area contributed by atoms with Gasteiger partial charge in [-0.25, -0.2) is 0 Å². The third kappa shape index (κ3) is 0.887. The first-order valence-corrected chi connectivity index (χ1v) is 3.73. The van der Waals surface area contributed by atoms with Crippen molar-refractivity contribution in [2.45, 2.75) is 13.5 Å². The highest BCUT2D eigenvalue weighted by Crippen LogP contribution is 2.06. The number of pyridine rings is 1. The summed E-state index contributed by atoms with van der Waals surface area (Å²) < 4.78 is 1.83. The van der Waals surface area contributed by atoms with Gasteiger partial charge in [-0.1, -0.05) is 6.07 Å². The van der Waals surface area contributed by atoms with Gasteiger partial charge in [-0.15, -0.1) is 10.2 Å². The summed E-state index contributed by atoms with van der Waals surface area (Å²) in [6.45, 7) is 1.88. The van der Waals surface area contributed by atoms with Crippen LogP contribution in [0.15, 0.2) is 18.2 Å². The third-order valence-corrected chi connectivity index (χ3v) is 1.83. The fraction of sp³-hybridized carbons (Fsp3) is 0.250. The Morgan fingerprint density at radius 2 is 2.25 bits per heavy atom. The minimum atomic E-state index is -0.0774. The molecule has 0 radical (unpaired) electrons. The number of aromatic nitrogens is 3. The van der Waals surface area contributed by atoms with Gasteiger partial charge in [0, 0.05) is 5.69 Å². The van der Waals surface area contributed by atoms with Crippen LogP contribution < -0.4 is 0 Å². The highest BCUT2D eigenvalue weighted by Gasteiger charge is 2.04. The lowest BCUT2D eigenvalue weighted by atomic mass is 10.3. The molecular formula is C8H9N3O. The van der Waals surface area contributed by atoms with Crippen molar-refractivity contribution in [2.24, 2.45) is 0 Å². The molecule has 2 aromatic heterocycles. The molecule has 2 heterocycles. The summed E-state index contributed by atoms with van der Waals surface area (Å²) in [4.78, 5) is 0. The average Bonchev–Trinajstić information content (AvgIpc) is 2.49. The molecule has 0 atom stereocenters. The molecule has 4 heteroatoms. The Balaban J connectivity index is 2.83. The van der Waals surface area contributed by atoms with E-state index in [-0.39, 0.29) is 6.61 Å². The summed E-state index contributed by atoms with van der Waals surface area (Å²) in [6, 6.07) is 5.73. The molecule has 0 fully saturated rings. The number of fused-ring (bicyclic) bond motifs is 1. The number of nitrogens with zero attached hydrogens (tertiary/aromatic N) is 3.